The molecule has 0 saturated carbocycles. The first-order chi connectivity index (χ1) is 5.15. The number of hydrogen-bond acceptors (Lipinski definition) is 4. The zero-order valence-electron chi connectivity index (χ0n) is 6.53. The van der Waals surface area contributed by atoms with E-state index in [2.05, 4.69) is 4.74 Å². The minimum absolute atomic E-state index is 0.105. The Balaban J connectivity index is 2.46. The van der Waals surface area contributed by atoms with Gasteiger partial charge in [-0.05, 0) is 13.0 Å². The number of hydrogen-bond donors (Lipinski definition) is 1. The van der Waals surface area contributed by atoms with E-state index >= 15 is 0 Å². The first-order valence-corrected chi connectivity index (χ1v) is 4.25. The molecular weight excluding hydrogens is 162 g/mol. The van der Waals surface area contributed by atoms with Gasteiger partial charge >= 0.3 is 5.97 Å². The van der Waals surface area contributed by atoms with Gasteiger partial charge < -0.3 is 10.5 Å². The van der Waals surface area contributed by atoms with Crippen molar-refractivity contribution in [2.75, 3.05) is 7.11 Å². The van der Waals surface area contributed by atoms with Crippen LogP contribution in [0.15, 0.2) is 11.0 Å². The third-order valence-electron chi connectivity index (χ3n) is 1.48. The number of nitrogens with two attached hydrogens (primary N) is 1. The van der Waals surface area contributed by atoms with E-state index in [0.717, 1.165) is 0 Å². The average molecular weight is 173 g/mol. The Bertz CT molecular complexity index is 201. The molecule has 11 heavy (non-hydrogen) atoms. The van der Waals surface area contributed by atoms with Gasteiger partial charge in [-0.1, -0.05) is 0 Å². The maximum atomic E-state index is 10.8. The normalized spacial score (nSPS) is 25.0. The van der Waals surface area contributed by atoms with Crippen LogP contribution in [0.1, 0.15) is 6.92 Å². The van der Waals surface area contributed by atoms with Crippen molar-refractivity contribution in [1.82, 2.24) is 0 Å². The van der Waals surface area contributed by atoms with Crippen LogP contribution in [0, 0.1) is 0 Å². The molecule has 0 saturated heterocycles. The van der Waals surface area contributed by atoms with Crippen molar-refractivity contribution in [3.05, 3.63) is 11.0 Å². The van der Waals surface area contributed by atoms with E-state index in [0.29, 0.717) is 4.91 Å². The van der Waals surface area contributed by atoms with Crippen LogP contribution >= 0.6 is 11.8 Å². The van der Waals surface area contributed by atoms with Gasteiger partial charge in [-0.3, -0.25) is 0 Å². The number of carbonyl (C=O) groups is 1. The van der Waals surface area contributed by atoms with Crippen molar-refractivity contribution < 1.29 is 9.53 Å². The number of thioether (sulfide) groups is 1. The zero-order valence-corrected chi connectivity index (χ0v) is 7.35. The van der Waals surface area contributed by atoms with Gasteiger partial charge in [0.1, 0.15) is 0 Å². The molecule has 4 heteroatoms. The molecule has 0 spiro atoms. The molecule has 1 heterocycles. The van der Waals surface area contributed by atoms with Crippen LogP contribution in [-0.2, 0) is 9.53 Å². The third-order valence-corrected chi connectivity index (χ3v) is 2.88. The molecule has 1 rings (SSSR count). The summed E-state index contributed by atoms with van der Waals surface area (Å²) in [6, 6.07) is 0.105. The number of carbonyl (C=O) groups excluding carboxylic acids is 1. The smallest absolute Gasteiger partial charge is 0.344 e. The molecule has 1 unspecified atom stereocenters. The lowest BCUT2D eigenvalue weighted by Gasteiger charge is -2.25. The molecule has 0 aromatic heterocycles. The Morgan fingerprint density at radius 2 is 2.45 bits per heavy atom. The van der Waals surface area contributed by atoms with E-state index in [1.54, 1.807) is 0 Å². The number of esters is 1. The van der Waals surface area contributed by atoms with Crippen LogP contribution in [0.2, 0.25) is 0 Å². The summed E-state index contributed by atoms with van der Waals surface area (Å²) in [5.74, 6) is -0.258. The molecule has 2 N–H and O–H groups in total. The lowest BCUT2D eigenvalue weighted by atomic mass is 10.2. The summed E-state index contributed by atoms with van der Waals surface area (Å²) < 4.78 is 4.51. The predicted octanol–water partition coefficient (Wildman–Crippen LogP) is 0.506. The summed E-state index contributed by atoms with van der Waals surface area (Å²) in [6.07, 6.45) is 1.85. The molecule has 3 nitrogen and oxygen atoms in total. The molecule has 62 valence electrons. The molecule has 2 atom stereocenters. The van der Waals surface area contributed by atoms with E-state index in [-0.39, 0.29) is 17.3 Å². The first kappa shape index (κ1) is 8.62. The molecular formula is C7H11NO2S. The average Bonchev–Trinajstić information content (AvgIpc) is 1.83. The number of methoxy groups -OCH3 is 1. The topological polar surface area (TPSA) is 52.3 Å². The van der Waals surface area contributed by atoms with Gasteiger partial charge in [0.15, 0.2) is 0 Å². The summed E-state index contributed by atoms with van der Waals surface area (Å²) in [5.41, 5.74) is 5.58. The summed E-state index contributed by atoms with van der Waals surface area (Å²) >= 11 is 1.48. The Morgan fingerprint density at radius 3 is 2.82 bits per heavy atom. The van der Waals surface area contributed by atoms with Gasteiger partial charge in [0.05, 0.1) is 12.0 Å². The van der Waals surface area contributed by atoms with E-state index in [1.807, 2.05) is 13.0 Å². The van der Waals surface area contributed by atoms with Crippen molar-refractivity contribution in [1.29, 1.82) is 0 Å². The molecule has 0 aliphatic carbocycles. The van der Waals surface area contributed by atoms with Gasteiger partial charge in [-0.25, -0.2) is 4.79 Å². The van der Waals surface area contributed by atoms with Gasteiger partial charge in [-0.2, -0.15) is 0 Å². The molecule has 1 aliphatic rings. The lowest BCUT2D eigenvalue weighted by molar-refractivity contribution is -0.135. The predicted molar refractivity (Wildman–Crippen MR) is 45.1 cm³/mol. The second kappa shape index (κ2) is 3.28. The summed E-state index contributed by atoms with van der Waals surface area (Å²) in [7, 11) is 1.38. The van der Waals surface area contributed by atoms with Crippen LogP contribution in [-0.4, -0.2) is 24.4 Å². The van der Waals surface area contributed by atoms with Crippen molar-refractivity contribution in [3.8, 4) is 0 Å². The Morgan fingerprint density at radius 1 is 1.91 bits per heavy atom. The molecule has 0 bridgehead atoms. The second-order valence-electron chi connectivity index (χ2n) is 2.46. The molecule has 0 fully saturated rings. The standard InChI is InChI=1S/C7H11NO2S/c1-4(8)5-3-6(11-5)7(9)10-2/h3-5H,8H2,1-2H3/t4-,5?/m1/s1. The van der Waals surface area contributed by atoms with Crippen molar-refractivity contribution in [3.63, 3.8) is 0 Å². The molecule has 0 aromatic carbocycles. The Kier molecular flexibility index (Phi) is 2.57. The van der Waals surface area contributed by atoms with E-state index < -0.39 is 0 Å². The van der Waals surface area contributed by atoms with Crippen molar-refractivity contribution in [2.24, 2.45) is 5.73 Å². The fourth-order valence-corrected chi connectivity index (χ4v) is 1.66. The van der Waals surface area contributed by atoms with Gasteiger partial charge in [0.25, 0.3) is 0 Å². The van der Waals surface area contributed by atoms with Crippen LogP contribution in [0.3, 0.4) is 0 Å². The Hall–Kier alpha value is -0.480. The van der Waals surface area contributed by atoms with Crippen molar-refractivity contribution in [2.45, 2.75) is 18.2 Å². The van der Waals surface area contributed by atoms with Gasteiger partial charge in [0, 0.05) is 11.3 Å². The maximum absolute atomic E-state index is 10.8. The summed E-state index contributed by atoms with van der Waals surface area (Å²) in [6.45, 7) is 1.92. The molecule has 1 aliphatic heterocycles. The van der Waals surface area contributed by atoms with E-state index in [9.17, 15) is 4.79 Å². The van der Waals surface area contributed by atoms with Crippen LogP contribution in [0.25, 0.3) is 0 Å². The maximum Gasteiger partial charge on any atom is 0.344 e. The fourth-order valence-electron chi connectivity index (χ4n) is 0.773. The molecule has 0 amide bonds. The number of rotatable bonds is 2. The molecule has 0 radical (unpaired) electrons. The zero-order chi connectivity index (χ0) is 8.43. The second-order valence-corrected chi connectivity index (χ2v) is 3.68. The summed E-state index contributed by atoms with van der Waals surface area (Å²) in [5, 5.41) is 0.282. The third kappa shape index (κ3) is 1.75. The van der Waals surface area contributed by atoms with Crippen LogP contribution in [0.4, 0.5) is 0 Å². The van der Waals surface area contributed by atoms with Gasteiger partial charge in [0.2, 0.25) is 0 Å². The highest BCUT2D eigenvalue weighted by Gasteiger charge is 2.28. The first-order valence-electron chi connectivity index (χ1n) is 3.37. The highest BCUT2D eigenvalue weighted by Crippen LogP contribution is 2.35. The van der Waals surface area contributed by atoms with E-state index in [1.165, 1.54) is 18.9 Å². The monoisotopic (exact) mass is 173 g/mol. The minimum Gasteiger partial charge on any atom is -0.465 e. The Labute approximate surface area is 70.0 Å². The van der Waals surface area contributed by atoms with Crippen LogP contribution < -0.4 is 5.73 Å². The fraction of sp³-hybridized carbons (Fsp3) is 0.571. The van der Waals surface area contributed by atoms with Crippen LogP contribution in [0.5, 0.6) is 0 Å². The summed E-state index contributed by atoms with van der Waals surface area (Å²) in [4.78, 5) is 11.5. The largest absolute Gasteiger partial charge is 0.465 e. The van der Waals surface area contributed by atoms with E-state index in [4.69, 9.17) is 5.73 Å². The SMILES string of the molecule is COC(=O)C1=CC([C@@H](C)N)S1. The quantitative estimate of drug-likeness (QED) is 0.618. The lowest BCUT2D eigenvalue weighted by Crippen LogP contribution is -2.33. The number of ether oxygens (including phenoxy) is 1. The minimum atomic E-state index is -0.258. The van der Waals surface area contributed by atoms with Gasteiger partial charge in [-0.15, -0.1) is 11.8 Å². The highest BCUT2D eigenvalue weighted by molar-refractivity contribution is 8.06. The molecule has 0 aromatic rings. The highest BCUT2D eigenvalue weighted by atomic mass is 32.2. The van der Waals surface area contributed by atoms with Crippen molar-refractivity contribution >= 4 is 17.7 Å².